The van der Waals surface area contributed by atoms with E-state index >= 15 is 0 Å². The summed E-state index contributed by atoms with van der Waals surface area (Å²) in [6.07, 6.45) is 5.11. The number of rotatable bonds is 4. The molecule has 1 aliphatic heterocycles. The van der Waals surface area contributed by atoms with E-state index in [1.165, 1.54) is 17.3 Å². The van der Waals surface area contributed by atoms with E-state index in [9.17, 15) is 4.39 Å². The molecule has 0 amide bonds. The second-order valence-corrected chi connectivity index (χ2v) is 6.16. The molecular weight excluding hydrogens is 277 g/mol. The van der Waals surface area contributed by atoms with Crippen LogP contribution in [-0.4, -0.2) is 30.5 Å². The zero-order valence-corrected chi connectivity index (χ0v) is 13.2. The smallest absolute Gasteiger partial charge is 0.164 e. The highest BCUT2D eigenvalue weighted by Gasteiger charge is 2.27. The molecule has 0 bridgehead atoms. The Labute approximate surface area is 131 Å². The highest BCUT2D eigenvalue weighted by molar-refractivity contribution is 5.50. The molecule has 1 aliphatic rings. The van der Waals surface area contributed by atoms with E-state index in [4.69, 9.17) is 0 Å². The van der Waals surface area contributed by atoms with Gasteiger partial charge in [-0.15, -0.1) is 0 Å². The van der Waals surface area contributed by atoms with Gasteiger partial charge in [-0.1, -0.05) is 24.3 Å². The van der Waals surface area contributed by atoms with E-state index in [0.717, 1.165) is 25.9 Å². The van der Waals surface area contributed by atoms with Gasteiger partial charge in [-0.3, -0.25) is 4.98 Å². The molecule has 1 aromatic carbocycles. The largest absolute Gasteiger partial charge is 0.362 e. The summed E-state index contributed by atoms with van der Waals surface area (Å²) >= 11 is 0. The first-order valence-electron chi connectivity index (χ1n) is 7.75. The van der Waals surface area contributed by atoms with Crippen LogP contribution in [-0.2, 0) is 6.54 Å². The summed E-state index contributed by atoms with van der Waals surface area (Å²) in [4.78, 5) is 8.17. The Morgan fingerprint density at radius 1 is 1.23 bits per heavy atom. The Morgan fingerprint density at radius 2 is 2.00 bits per heavy atom. The fourth-order valence-corrected chi connectivity index (χ4v) is 3.21. The third kappa shape index (κ3) is 3.12. The van der Waals surface area contributed by atoms with Gasteiger partial charge in [-0.25, -0.2) is 4.39 Å². The fraction of sp³-hybridized carbons (Fsp3) is 0.389. The van der Waals surface area contributed by atoms with Gasteiger partial charge in [0.05, 0.1) is 17.9 Å². The van der Waals surface area contributed by atoms with E-state index in [0.29, 0.717) is 5.69 Å². The summed E-state index contributed by atoms with van der Waals surface area (Å²) < 4.78 is 14.0. The Kier molecular flexibility index (Phi) is 4.39. The highest BCUT2D eigenvalue weighted by atomic mass is 19.1. The minimum absolute atomic E-state index is 0.237. The number of hydrogen-bond acceptors (Lipinski definition) is 3. The Morgan fingerprint density at radius 3 is 2.68 bits per heavy atom. The maximum absolute atomic E-state index is 14.0. The summed E-state index contributed by atoms with van der Waals surface area (Å²) in [6.45, 7) is 1.83. The average molecular weight is 299 g/mol. The fourth-order valence-electron chi connectivity index (χ4n) is 3.21. The Bertz CT molecular complexity index is 624. The molecule has 0 saturated carbocycles. The van der Waals surface area contributed by atoms with Gasteiger partial charge in [-0.05, 0) is 44.1 Å². The van der Waals surface area contributed by atoms with Crippen molar-refractivity contribution in [3.05, 3.63) is 59.7 Å². The topological polar surface area (TPSA) is 19.4 Å². The molecule has 1 aromatic heterocycles. The third-order valence-electron chi connectivity index (χ3n) is 4.18. The summed E-state index contributed by atoms with van der Waals surface area (Å²) in [5, 5.41) is 0. The van der Waals surface area contributed by atoms with Crippen molar-refractivity contribution in [2.45, 2.75) is 25.4 Å². The Hall–Kier alpha value is -1.94. The molecule has 116 valence electrons. The normalized spacial score (nSPS) is 18.2. The molecule has 0 N–H and O–H groups in total. The van der Waals surface area contributed by atoms with E-state index in [2.05, 4.69) is 53.1 Å². The van der Waals surface area contributed by atoms with Crippen LogP contribution in [0.15, 0.2) is 42.7 Å². The predicted octanol–water partition coefficient (Wildman–Crippen LogP) is 3.62. The lowest BCUT2D eigenvalue weighted by molar-refractivity contribution is 0.402. The van der Waals surface area contributed by atoms with Crippen LogP contribution in [0.4, 0.5) is 10.1 Å². The van der Waals surface area contributed by atoms with Crippen molar-refractivity contribution < 1.29 is 4.39 Å². The molecule has 2 heterocycles. The highest BCUT2D eigenvalue weighted by Crippen LogP contribution is 2.37. The summed E-state index contributed by atoms with van der Waals surface area (Å²) in [6, 6.07) is 10.7. The van der Waals surface area contributed by atoms with Crippen molar-refractivity contribution in [2.24, 2.45) is 0 Å². The number of hydrogen-bond donors (Lipinski definition) is 0. The zero-order valence-electron chi connectivity index (χ0n) is 13.2. The van der Waals surface area contributed by atoms with Gasteiger partial charge in [0, 0.05) is 19.3 Å². The van der Waals surface area contributed by atoms with Crippen LogP contribution in [0.2, 0.25) is 0 Å². The van der Waals surface area contributed by atoms with Crippen molar-refractivity contribution >= 4 is 5.69 Å². The van der Waals surface area contributed by atoms with Gasteiger partial charge in [-0.2, -0.15) is 0 Å². The number of benzene rings is 1. The van der Waals surface area contributed by atoms with Crippen LogP contribution in [0.25, 0.3) is 0 Å². The van der Waals surface area contributed by atoms with E-state index in [-0.39, 0.29) is 11.9 Å². The number of halogens is 1. The molecule has 3 nitrogen and oxygen atoms in total. The molecule has 1 unspecified atom stereocenters. The molecule has 2 aromatic rings. The molecular formula is C18H22FN3. The molecule has 0 radical (unpaired) electrons. The van der Waals surface area contributed by atoms with Crippen LogP contribution in [0, 0.1) is 5.82 Å². The molecule has 0 spiro atoms. The lowest BCUT2D eigenvalue weighted by Crippen LogP contribution is -2.23. The van der Waals surface area contributed by atoms with Crippen LogP contribution >= 0.6 is 0 Å². The van der Waals surface area contributed by atoms with E-state index < -0.39 is 0 Å². The van der Waals surface area contributed by atoms with E-state index in [1.54, 1.807) is 12.3 Å². The predicted molar refractivity (Wildman–Crippen MR) is 87.3 cm³/mol. The standard InChI is InChI=1S/C18H22FN3/c1-21(2)13-14-5-7-15(8-6-14)17-4-3-11-22(17)18-9-10-20-12-16(18)19/h5-10,12,17H,3-4,11,13H2,1-2H3. The number of aromatic nitrogens is 1. The van der Waals surface area contributed by atoms with Gasteiger partial charge in [0.1, 0.15) is 0 Å². The molecule has 1 saturated heterocycles. The monoisotopic (exact) mass is 299 g/mol. The van der Waals surface area contributed by atoms with Gasteiger partial charge in [0.15, 0.2) is 5.82 Å². The van der Waals surface area contributed by atoms with Crippen molar-refractivity contribution in [3.8, 4) is 0 Å². The molecule has 22 heavy (non-hydrogen) atoms. The van der Waals surface area contributed by atoms with Gasteiger partial charge >= 0.3 is 0 Å². The summed E-state index contributed by atoms with van der Waals surface area (Å²) in [5.41, 5.74) is 3.22. The zero-order chi connectivity index (χ0) is 15.5. The van der Waals surface area contributed by atoms with Gasteiger partial charge in [0.25, 0.3) is 0 Å². The minimum atomic E-state index is -0.237. The summed E-state index contributed by atoms with van der Waals surface area (Å²) in [5.74, 6) is -0.237. The Balaban J connectivity index is 1.83. The van der Waals surface area contributed by atoms with Gasteiger partial charge in [0.2, 0.25) is 0 Å². The maximum atomic E-state index is 14.0. The number of nitrogens with zero attached hydrogens (tertiary/aromatic N) is 3. The van der Waals surface area contributed by atoms with E-state index in [1.807, 2.05) is 0 Å². The van der Waals surface area contributed by atoms with Crippen molar-refractivity contribution in [1.82, 2.24) is 9.88 Å². The molecule has 4 heteroatoms. The molecule has 1 atom stereocenters. The lowest BCUT2D eigenvalue weighted by Gasteiger charge is -2.27. The second kappa shape index (κ2) is 6.44. The number of anilines is 1. The van der Waals surface area contributed by atoms with Crippen molar-refractivity contribution in [1.29, 1.82) is 0 Å². The quantitative estimate of drug-likeness (QED) is 0.859. The van der Waals surface area contributed by atoms with Gasteiger partial charge < -0.3 is 9.80 Å². The second-order valence-electron chi connectivity index (χ2n) is 6.16. The minimum Gasteiger partial charge on any atom is -0.362 e. The number of pyridine rings is 1. The molecule has 0 aliphatic carbocycles. The maximum Gasteiger partial charge on any atom is 0.164 e. The van der Waals surface area contributed by atoms with Crippen LogP contribution in [0.1, 0.15) is 30.0 Å². The van der Waals surface area contributed by atoms with Crippen molar-refractivity contribution in [3.63, 3.8) is 0 Å². The van der Waals surface area contributed by atoms with Crippen molar-refractivity contribution in [2.75, 3.05) is 25.5 Å². The average Bonchev–Trinajstić information content (AvgIpc) is 2.97. The molecule has 3 rings (SSSR count). The summed E-state index contributed by atoms with van der Waals surface area (Å²) in [7, 11) is 4.14. The first-order valence-corrected chi connectivity index (χ1v) is 7.75. The van der Waals surface area contributed by atoms with Crippen LogP contribution in [0.5, 0.6) is 0 Å². The molecule has 1 fully saturated rings. The third-order valence-corrected chi connectivity index (χ3v) is 4.18. The van der Waals surface area contributed by atoms with Crippen LogP contribution in [0.3, 0.4) is 0 Å². The van der Waals surface area contributed by atoms with Crippen LogP contribution < -0.4 is 4.90 Å². The SMILES string of the molecule is CN(C)Cc1ccc(C2CCCN2c2ccncc2F)cc1. The first kappa shape index (κ1) is 15.0. The first-order chi connectivity index (χ1) is 10.6. The lowest BCUT2D eigenvalue weighted by atomic mass is 10.0.